The summed E-state index contributed by atoms with van der Waals surface area (Å²) >= 11 is 0. The van der Waals surface area contributed by atoms with Crippen molar-refractivity contribution in [1.29, 1.82) is 0 Å². The molecule has 0 fully saturated rings. The first kappa shape index (κ1) is 57.7. The van der Waals surface area contributed by atoms with Crippen LogP contribution in [0.1, 0.15) is 168 Å². The smallest absolute Gasteiger partial charge is 0.462 e. The van der Waals surface area contributed by atoms with E-state index >= 15 is 0 Å². The van der Waals surface area contributed by atoms with Gasteiger partial charge in [0.2, 0.25) is 0 Å². The second-order valence-corrected chi connectivity index (χ2v) is 16.3. The van der Waals surface area contributed by atoms with E-state index in [0.717, 1.165) is 83.5 Å². The van der Waals surface area contributed by atoms with Crippen LogP contribution in [0.4, 0.5) is 0 Å². The number of carbonyl (C=O) groups excluding carboxylic acids is 2. The maximum absolute atomic E-state index is 12.6. The summed E-state index contributed by atoms with van der Waals surface area (Å²) in [6, 6.07) is 0. The molecule has 0 amide bonds. The Kier molecular flexibility index (Phi) is 43.7. The number of hydrogen-bond donors (Lipinski definition) is 2. The highest BCUT2D eigenvalue weighted by Gasteiger charge is 2.25. The topological polar surface area (TPSA) is 134 Å². The lowest BCUT2D eigenvalue weighted by atomic mass is 10.0. The lowest BCUT2D eigenvalue weighted by Gasteiger charge is -2.19. The van der Waals surface area contributed by atoms with Crippen molar-refractivity contribution in [3.8, 4) is 0 Å². The van der Waals surface area contributed by atoms with Crippen LogP contribution in [0.25, 0.3) is 0 Å². The molecular weight excluding hydrogens is 786 g/mol. The summed E-state index contributed by atoms with van der Waals surface area (Å²) in [5.41, 5.74) is 5.35. The first-order chi connectivity index (χ1) is 29.8. The van der Waals surface area contributed by atoms with Crippen LogP contribution in [-0.4, -0.2) is 49.3 Å². The molecule has 2 atom stereocenters. The van der Waals surface area contributed by atoms with Crippen molar-refractivity contribution in [1.82, 2.24) is 0 Å². The molecule has 10 heteroatoms. The molecule has 0 saturated carbocycles. The zero-order chi connectivity index (χ0) is 44.6. The Morgan fingerprint density at radius 3 is 1.33 bits per heavy atom. The molecular formula is C51H84NO8P. The van der Waals surface area contributed by atoms with E-state index < -0.39 is 32.5 Å². The van der Waals surface area contributed by atoms with Crippen LogP contribution < -0.4 is 5.73 Å². The van der Waals surface area contributed by atoms with Gasteiger partial charge >= 0.3 is 19.8 Å². The summed E-state index contributed by atoms with van der Waals surface area (Å²) in [5.74, 6) is -0.936. The number of allylic oxidation sites excluding steroid dienone is 18. The van der Waals surface area contributed by atoms with E-state index in [1.807, 2.05) is 12.2 Å². The van der Waals surface area contributed by atoms with Gasteiger partial charge in [-0.1, -0.05) is 181 Å². The lowest BCUT2D eigenvalue weighted by molar-refractivity contribution is -0.161. The first-order valence-corrected chi connectivity index (χ1v) is 24.9. The van der Waals surface area contributed by atoms with Gasteiger partial charge in [-0.3, -0.25) is 18.6 Å². The second kappa shape index (κ2) is 46.2. The van der Waals surface area contributed by atoms with Gasteiger partial charge < -0.3 is 20.1 Å². The number of phosphoric acid groups is 1. The van der Waals surface area contributed by atoms with E-state index in [1.165, 1.54) is 44.9 Å². The highest BCUT2D eigenvalue weighted by atomic mass is 31.2. The van der Waals surface area contributed by atoms with Crippen molar-refractivity contribution in [2.45, 2.75) is 174 Å². The SMILES string of the molecule is CC/C=C\C/C=C\C/C=C\C/C=C\C/C=C\CCCCCCCCCCCCCC(=O)OC(COC(=O)CC/C=C\C/C=C\C/C=C\C/C=C\CC)COP(=O)(O)OCCN. The molecule has 0 aromatic rings. The molecule has 0 aromatic carbocycles. The summed E-state index contributed by atoms with van der Waals surface area (Å²) < 4.78 is 32.7. The van der Waals surface area contributed by atoms with Crippen LogP contribution >= 0.6 is 7.82 Å². The van der Waals surface area contributed by atoms with E-state index in [-0.39, 0.29) is 32.6 Å². The van der Waals surface area contributed by atoms with Gasteiger partial charge in [-0.15, -0.1) is 0 Å². The molecule has 0 aliphatic carbocycles. The van der Waals surface area contributed by atoms with E-state index in [9.17, 15) is 19.0 Å². The van der Waals surface area contributed by atoms with Gasteiger partial charge in [-0.05, 0) is 83.5 Å². The molecule has 61 heavy (non-hydrogen) atoms. The van der Waals surface area contributed by atoms with Gasteiger partial charge in [-0.25, -0.2) is 4.57 Å². The van der Waals surface area contributed by atoms with Crippen LogP contribution in [0.5, 0.6) is 0 Å². The van der Waals surface area contributed by atoms with Crippen molar-refractivity contribution in [3.05, 3.63) is 109 Å². The standard InChI is InChI=1S/C51H84NO8P/c1-3-5-7-9-11-13-15-17-18-19-20-21-22-23-24-25-26-27-28-29-30-32-34-36-38-40-42-44-51(54)60-49(48-59-61(55,56)58-46-45-52)47-57-50(53)43-41-39-37-35-33-31-16-14-12-10-8-6-4-2/h5-8,11-14,17-18,20-21,23-24,31,33,37,39,49H,3-4,9-10,15-16,19,22,25-30,32,34-36,38,40-48,52H2,1-2H3,(H,55,56)/b7-5-,8-6-,13-11-,14-12-,18-17-,21-20-,24-23-,33-31-,39-37-. The fraction of sp³-hybridized carbons (Fsp3) is 0.608. The molecule has 0 saturated heterocycles. The number of hydrogen-bond acceptors (Lipinski definition) is 8. The number of esters is 2. The van der Waals surface area contributed by atoms with Gasteiger partial charge in [-0.2, -0.15) is 0 Å². The minimum Gasteiger partial charge on any atom is -0.462 e. The highest BCUT2D eigenvalue weighted by molar-refractivity contribution is 7.47. The molecule has 0 aromatic heterocycles. The third kappa shape index (κ3) is 46.0. The van der Waals surface area contributed by atoms with E-state index in [0.29, 0.717) is 12.8 Å². The minimum absolute atomic E-state index is 0.0384. The Hall–Kier alpha value is -3.33. The van der Waals surface area contributed by atoms with Gasteiger partial charge in [0.05, 0.1) is 13.2 Å². The summed E-state index contributed by atoms with van der Waals surface area (Å²) in [4.78, 5) is 34.9. The van der Waals surface area contributed by atoms with Crippen molar-refractivity contribution >= 4 is 19.8 Å². The van der Waals surface area contributed by atoms with E-state index in [1.54, 1.807) is 0 Å². The molecule has 2 unspecified atom stereocenters. The Balaban J connectivity index is 4.12. The lowest BCUT2D eigenvalue weighted by Crippen LogP contribution is -2.29. The fourth-order valence-corrected chi connectivity index (χ4v) is 6.56. The Labute approximate surface area is 371 Å². The van der Waals surface area contributed by atoms with Gasteiger partial charge in [0.15, 0.2) is 6.10 Å². The molecule has 0 bridgehead atoms. The van der Waals surface area contributed by atoms with Crippen LogP contribution in [0.3, 0.4) is 0 Å². The number of ether oxygens (including phenoxy) is 2. The van der Waals surface area contributed by atoms with Gasteiger partial charge in [0.1, 0.15) is 6.61 Å². The third-order valence-electron chi connectivity index (χ3n) is 9.17. The average molecular weight is 870 g/mol. The molecule has 9 nitrogen and oxygen atoms in total. The summed E-state index contributed by atoms with van der Waals surface area (Å²) in [6.07, 6.45) is 61.5. The molecule has 0 aliphatic rings. The summed E-state index contributed by atoms with van der Waals surface area (Å²) in [5, 5.41) is 0. The quantitative estimate of drug-likeness (QED) is 0.0266. The molecule has 0 radical (unpaired) electrons. The molecule has 0 rings (SSSR count). The zero-order valence-corrected chi connectivity index (χ0v) is 39.0. The van der Waals surface area contributed by atoms with Crippen LogP contribution in [0.2, 0.25) is 0 Å². The highest BCUT2D eigenvalue weighted by Crippen LogP contribution is 2.43. The van der Waals surface area contributed by atoms with Crippen molar-refractivity contribution < 1.29 is 37.6 Å². The number of carbonyl (C=O) groups is 2. The molecule has 0 spiro atoms. The normalized spacial score (nSPS) is 14.2. The second-order valence-electron chi connectivity index (χ2n) is 14.9. The molecule has 3 N–H and O–H groups in total. The Bertz CT molecular complexity index is 1360. The van der Waals surface area contributed by atoms with Crippen LogP contribution in [0, 0.1) is 0 Å². The van der Waals surface area contributed by atoms with Crippen molar-refractivity contribution in [2.24, 2.45) is 5.73 Å². The van der Waals surface area contributed by atoms with E-state index in [2.05, 4.69) is 111 Å². The maximum Gasteiger partial charge on any atom is 0.472 e. The number of phosphoric ester groups is 1. The first-order valence-electron chi connectivity index (χ1n) is 23.4. The Morgan fingerprint density at radius 2 is 0.885 bits per heavy atom. The number of unbranched alkanes of at least 4 members (excludes halogenated alkanes) is 11. The third-order valence-corrected chi connectivity index (χ3v) is 10.2. The van der Waals surface area contributed by atoms with Crippen molar-refractivity contribution in [2.75, 3.05) is 26.4 Å². The predicted octanol–water partition coefficient (Wildman–Crippen LogP) is 13.9. The summed E-state index contributed by atoms with van der Waals surface area (Å²) in [7, 11) is -4.40. The average Bonchev–Trinajstić information content (AvgIpc) is 3.25. The van der Waals surface area contributed by atoms with Crippen LogP contribution in [0.15, 0.2) is 109 Å². The zero-order valence-electron chi connectivity index (χ0n) is 38.1. The van der Waals surface area contributed by atoms with Crippen LogP contribution in [-0.2, 0) is 32.7 Å². The number of rotatable bonds is 42. The fourth-order valence-electron chi connectivity index (χ4n) is 5.79. The summed E-state index contributed by atoms with van der Waals surface area (Å²) in [6.45, 7) is 3.39. The largest absolute Gasteiger partial charge is 0.472 e. The maximum atomic E-state index is 12.6. The monoisotopic (exact) mass is 870 g/mol. The molecule has 0 heterocycles. The number of nitrogens with two attached hydrogens (primary N) is 1. The van der Waals surface area contributed by atoms with Gasteiger partial charge in [0, 0.05) is 19.4 Å². The van der Waals surface area contributed by atoms with E-state index in [4.69, 9.17) is 24.3 Å². The minimum atomic E-state index is -4.40. The molecule has 0 aliphatic heterocycles. The van der Waals surface area contributed by atoms with Crippen molar-refractivity contribution in [3.63, 3.8) is 0 Å². The molecule has 346 valence electrons. The Morgan fingerprint density at radius 1 is 0.492 bits per heavy atom. The predicted molar refractivity (Wildman–Crippen MR) is 256 cm³/mol. The van der Waals surface area contributed by atoms with Gasteiger partial charge in [0.25, 0.3) is 0 Å².